The van der Waals surface area contributed by atoms with Crippen LogP contribution in [0.5, 0.6) is 0 Å². The molecule has 7 heteroatoms. The zero-order valence-corrected chi connectivity index (χ0v) is 15.5. The van der Waals surface area contributed by atoms with Gasteiger partial charge in [-0.05, 0) is 45.6 Å². The standard InChI is InChI=1S/C18H24N2O4S/c1-19(2)9-5-10-20(15-8-11-25(22,23)13-15)18(21)17-12-14-6-3-4-7-16(14)24-17/h3-4,6-7,12,15H,5,8-11,13H2,1-2H3. The predicted molar refractivity (Wildman–Crippen MR) is 97.5 cm³/mol. The number of carbonyl (C=O) groups is 1. The SMILES string of the molecule is CN(C)CCCN(C(=O)c1cc2ccccc2o1)C1CCS(=O)(=O)C1. The normalized spacial score (nSPS) is 19.6. The molecule has 25 heavy (non-hydrogen) atoms. The minimum absolute atomic E-state index is 0.0426. The second-order valence-corrected chi connectivity index (χ2v) is 9.09. The van der Waals surface area contributed by atoms with Crippen molar-refractivity contribution in [1.82, 2.24) is 9.80 Å². The molecule has 136 valence electrons. The molecule has 0 aliphatic carbocycles. The predicted octanol–water partition coefficient (Wildman–Crippen LogP) is 2.01. The van der Waals surface area contributed by atoms with E-state index >= 15 is 0 Å². The molecule has 1 aromatic heterocycles. The van der Waals surface area contributed by atoms with Crippen LogP contribution in [0.3, 0.4) is 0 Å². The fraction of sp³-hybridized carbons (Fsp3) is 0.500. The van der Waals surface area contributed by atoms with Crippen molar-refractivity contribution in [2.45, 2.75) is 18.9 Å². The first-order valence-corrected chi connectivity index (χ1v) is 10.3. The first-order valence-electron chi connectivity index (χ1n) is 8.50. The third-order valence-electron chi connectivity index (χ3n) is 4.55. The van der Waals surface area contributed by atoms with Gasteiger partial charge in [0.1, 0.15) is 5.58 Å². The van der Waals surface area contributed by atoms with Crippen LogP contribution in [0.4, 0.5) is 0 Å². The summed E-state index contributed by atoms with van der Waals surface area (Å²) in [4.78, 5) is 16.7. The van der Waals surface area contributed by atoms with Crippen LogP contribution in [-0.2, 0) is 9.84 Å². The highest BCUT2D eigenvalue weighted by molar-refractivity contribution is 7.91. The summed E-state index contributed by atoms with van der Waals surface area (Å²) in [5.41, 5.74) is 0.665. The molecule has 0 N–H and O–H groups in total. The van der Waals surface area contributed by atoms with Crippen molar-refractivity contribution in [3.05, 3.63) is 36.1 Å². The number of hydrogen-bond acceptors (Lipinski definition) is 5. The van der Waals surface area contributed by atoms with Gasteiger partial charge >= 0.3 is 0 Å². The largest absolute Gasteiger partial charge is 0.451 e. The molecule has 1 aliphatic heterocycles. The van der Waals surface area contributed by atoms with Crippen molar-refractivity contribution >= 4 is 26.7 Å². The lowest BCUT2D eigenvalue weighted by molar-refractivity contribution is 0.0660. The van der Waals surface area contributed by atoms with Crippen LogP contribution in [0.1, 0.15) is 23.4 Å². The highest BCUT2D eigenvalue weighted by Crippen LogP contribution is 2.24. The van der Waals surface area contributed by atoms with Gasteiger partial charge in [-0.3, -0.25) is 4.79 Å². The van der Waals surface area contributed by atoms with Gasteiger partial charge in [0.15, 0.2) is 15.6 Å². The van der Waals surface area contributed by atoms with E-state index in [1.54, 1.807) is 11.0 Å². The Morgan fingerprint density at radius 2 is 2.00 bits per heavy atom. The van der Waals surface area contributed by atoms with Gasteiger partial charge in [0.05, 0.1) is 11.5 Å². The molecule has 0 bridgehead atoms. The van der Waals surface area contributed by atoms with Crippen LogP contribution in [0.2, 0.25) is 0 Å². The van der Waals surface area contributed by atoms with Crippen molar-refractivity contribution < 1.29 is 17.6 Å². The Labute approximate surface area is 148 Å². The third-order valence-corrected chi connectivity index (χ3v) is 6.30. The second kappa shape index (κ2) is 7.17. The Hall–Kier alpha value is -1.86. The molecule has 0 saturated carbocycles. The van der Waals surface area contributed by atoms with Crippen molar-refractivity contribution in [3.8, 4) is 0 Å². The molecular formula is C18H24N2O4S. The number of sulfone groups is 1. The minimum Gasteiger partial charge on any atom is -0.451 e. The molecule has 1 amide bonds. The number of hydrogen-bond donors (Lipinski definition) is 0. The second-order valence-electron chi connectivity index (χ2n) is 6.86. The van der Waals surface area contributed by atoms with Gasteiger partial charge in [0, 0.05) is 18.0 Å². The summed E-state index contributed by atoms with van der Waals surface area (Å²) in [6.45, 7) is 1.36. The molecule has 3 rings (SSSR count). The average Bonchev–Trinajstić information content (AvgIpc) is 3.13. The summed E-state index contributed by atoms with van der Waals surface area (Å²) < 4.78 is 29.4. The van der Waals surface area contributed by atoms with Gasteiger partial charge < -0.3 is 14.2 Å². The van der Waals surface area contributed by atoms with E-state index < -0.39 is 9.84 Å². The first kappa shape index (κ1) is 17.9. The Morgan fingerprint density at radius 3 is 2.64 bits per heavy atom. The van der Waals surface area contributed by atoms with E-state index in [2.05, 4.69) is 4.90 Å². The van der Waals surface area contributed by atoms with Crippen LogP contribution < -0.4 is 0 Å². The molecule has 1 aliphatic rings. The third kappa shape index (κ3) is 4.22. The van der Waals surface area contributed by atoms with Gasteiger partial charge in [0.2, 0.25) is 0 Å². The van der Waals surface area contributed by atoms with E-state index in [1.165, 1.54) is 0 Å². The topological polar surface area (TPSA) is 70.8 Å². The highest BCUT2D eigenvalue weighted by Gasteiger charge is 2.35. The van der Waals surface area contributed by atoms with Crippen LogP contribution in [0, 0.1) is 0 Å². The zero-order valence-electron chi connectivity index (χ0n) is 14.6. The molecule has 1 fully saturated rings. The van der Waals surface area contributed by atoms with E-state index in [0.29, 0.717) is 18.5 Å². The van der Waals surface area contributed by atoms with Crippen LogP contribution in [0.25, 0.3) is 11.0 Å². The fourth-order valence-electron chi connectivity index (χ4n) is 3.26. The lowest BCUT2D eigenvalue weighted by Crippen LogP contribution is -2.42. The number of benzene rings is 1. The van der Waals surface area contributed by atoms with Gasteiger partial charge in [0.25, 0.3) is 5.91 Å². The van der Waals surface area contributed by atoms with Crippen LogP contribution >= 0.6 is 0 Å². The van der Waals surface area contributed by atoms with Gasteiger partial charge in [-0.25, -0.2) is 8.42 Å². The van der Waals surface area contributed by atoms with Crippen LogP contribution in [-0.4, -0.2) is 68.9 Å². The van der Waals surface area contributed by atoms with Crippen molar-refractivity contribution in [2.75, 3.05) is 38.7 Å². The average molecular weight is 364 g/mol. The monoisotopic (exact) mass is 364 g/mol. The van der Waals surface area contributed by atoms with Crippen molar-refractivity contribution in [2.24, 2.45) is 0 Å². The number of fused-ring (bicyclic) bond motifs is 1. The molecule has 0 radical (unpaired) electrons. The Balaban J connectivity index is 1.83. The Morgan fingerprint density at radius 1 is 1.24 bits per heavy atom. The van der Waals surface area contributed by atoms with E-state index in [9.17, 15) is 13.2 Å². The molecule has 2 heterocycles. The maximum atomic E-state index is 13.0. The van der Waals surface area contributed by atoms with E-state index in [0.717, 1.165) is 18.4 Å². The smallest absolute Gasteiger partial charge is 0.289 e. The van der Waals surface area contributed by atoms with E-state index in [-0.39, 0.29) is 29.2 Å². The number of amides is 1. The zero-order chi connectivity index (χ0) is 18.0. The molecule has 1 aromatic carbocycles. The molecule has 0 spiro atoms. The summed E-state index contributed by atoms with van der Waals surface area (Å²) in [7, 11) is 0.898. The number of furan rings is 1. The Kier molecular flexibility index (Phi) is 5.15. The van der Waals surface area contributed by atoms with Gasteiger partial charge in [-0.1, -0.05) is 18.2 Å². The molecule has 6 nitrogen and oxygen atoms in total. The molecule has 2 aromatic rings. The fourth-order valence-corrected chi connectivity index (χ4v) is 4.99. The van der Waals surface area contributed by atoms with Gasteiger partial charge in [-0.15, -0.1) is 0 Å². The van der Waals surface area contributed by atoms with Gasteiger partial charge in [-0.2, -0.15) is 0 Å². The number of para-hydroxylation sites is 1. The summed E-state index contributed by atoms with van der Waals surface area (Å²) in [5, 5.41) is 0.873. The summed E-state index contributed by atoms with van der Waals surface area (Å²) in [6.07, 6.45) is 1.28. The number of carbonyl (C=O) groups excluding carboxylic acids is 1. The molecule has 1 atom stereocenters. The lowest BCUT2D eigenvalue weighted by atomic mass is 10.2. The van der Waals surface area contributed by atoms with Crippen molar-refractivity contribution in [1.29, 1.82) is 0 Å². The summed E-state index contributed by atoms with van der Waals surface area (Å²) >= 11 is 0. The summed E-state index contributed by atoms with van der Waals surface area (Å²) in [6, 6.07) is 8.94. The van der Waals surface area contributed by atoms with E-state index in [1.807, 2.05) is 38.4 Å². The van der Waals surface area contributed by atoms with E-state index in [4.69, 9.17) is 4.42 Å². The maximum Gasteiger partial charge on any atom is 0.289 e. The molecular weight excluding hydrogens is 340 g/mol. The lowest BCUT2D eigenvalue weighted by Gasteiger charge is -2.28. The molecule has 1 saturated heterocycles. The Bertz CT molecular complexity index is 824. The highest BCUT2D eigenvalue weighted by atomic mass is 32.2. The number of nitrogens with zero attached hydrogens (tertiary/aromatic N) is 2. The van der Waals surface area contributed by atoms with Crippen molar-refractivity contribution in [3.63, 3.8) is 0 Å². The number of rotatable bonds is 6. The first-order chi connectivity index (χ1) is 11.9. The summed E-state index contributed by atoms with van der Waals surface area (Å²) in [5.74, 6) is 0.239. The molecule has 1 unspecified atom stereocenters. The minimum atomic E-state index is -3.06. The maximum absolute atomic E-state index is 13.0. The quantitative estimate of drug-likeness (QED) is 0.784. The van der Waals surface area contributed by atoms with Crippen LogP contribution in [0.15, 0.2) is 34.7 Å².